The van der Waals surface area contributed by atoms with Crippen molar-refractivity contribution in [1.82, 2.24) is 9.71 Å². The van der Waals surface area contributed by atoms with E-state index in [-0.39, 0.29) is 4.90 Å². The molecular formula is C21H21N3O4S. The number of carbonyl (C=O) groups is 1. The van der Waals surface area contributed by atoms with E-state index in [2.05, 4.69) is 9.71 Å². The Hall–Kier alpha value is -3.13. The molecule has 29 heavy (non-hydrogen) atoms. The summed E-state index contributed by atoms with van der Waals surface area (Å²) in [6.45, 7) is 1.92. The monoisotopic (exact) mass is 411 g/mol. The fourth-order valence-corrected chi connectivity index (χ4v) is 4.86. The number of aromatic nitrogens is 1. The van der Waals surface area contributed by atoms with Crippen molar-refractivity contribution in [3.05, 3.63) is 59.7 Å². The number of aryl methyl sites for hydroxylation is 1. The summed E-state index contributed by atoms with van der Waals surface area (Å²) in [4.78, 5) is 17.2. The molecule has 1 saturated carbocycles. The molecule has 150 valence electrons. The molecule has 0 bridgehead atoms. The highest BCUT2D eigenvalue weighted by Gasteiger charge is 2.54. The molecule has 1 aromatic heterocycles. The molecule has 0 radical (unpaired) electrons. The van der Waals surface area contributed by atoms with Gasteiger partial charge in [-0.25, -0.2) is 18.1 Å². The van der Waals surface area contributed by atoms with Gasteiger partial charge < -0.3 is 10.5 Å². The zero-order chi connectivity index (χ0) is 20.8. The van der Waals surface area contributed by atoms with Gasteiger partial charge in [0.25, 0.3) is 10.0 Å². The highest BCUT2D eigenvalue weighted by molar-refractivity contribution is 7.90. The van der Waals surface area contributed by atoms with Crippen LogP contribution in [-0.2, 0) is 20.2 Å². The number of nitrogens with two attached hydrogens (primary N) is 1. The third kappa shape index (κ3) is 3.29. The fourth-order valence-electron chi connectivity index (χ4n) is 3.59. The minimum Gasteiger partial charge on any atom is -0.496 e. The molecule has 0 unspecified atom stereocenters. The van der Waals surface area contributed by atoms with E-state index in [1.807, 2.05) is 19.1 Å². The molecule has 1 heterocycles. The number of nitrogen functional groups attached to an aromatic ring is 1. The normalized spacial score (nSPS) is 15.1. The number of nitrogens with one attached hydrogen (secondary N) is 1. The molecule has 0 atom stereocenters. The number of fused-ring (bicyclic) bond motifs is 1. The third-order valence-corrected chi connectivity index (χ3v) is 6.67. The van der Waals surface area contributed by atoms with E-state index < -0.39 is 21.3 Å². The molecule has 1 amide bonds. The Bertz CT molecular complexity index is 1230. The van der Waals surface area contributed by atoms with Crippen molar-refractivity contribution in [2.75, 3.05) is 12.8 Å². The lowest BCUT2D eigenvalue weighted by Gasteiger charge is -2.19. The molecule has 8 heteroatoms. The van der Waals surface area contributed by atoms with Crippen LogP contribution in [0.2, 0.25) is 0 Å². The number of carbonyl (C=O) groups excluding carboxylic acids is 1. The Morgan fingerprint density at radius 1 is 1.17 bits per heavy atom. The van der Waals surface area contributed by atoms with Crippen LogP contribution in [0.25, 0.3) is 10.9 Å². The van der Waals surface area contributed by atoms with Crippen molar-refractivity contribution < 1.29 is 17.9 Å². The number of hydrogen-bond acceptors (Lipinski definition) is 6. The summed E-state index contributed by atoms with van der Waals surface area (Å²) >= 11 is 0. The average molecular weight is 411 g/mol. The van der Waals surface area contributed by atoms with Crippen molar-refractivity contribution in [2.45, 2.75) is 30.1 Å². The fraction of sp³-hybridized carbons (Fsp3) is 0.238. The quantitative estimate of drug-likeness (QED) is 0.668. The molecule has 0 aliphatic heterocycles. The number of rotatable bonds is 5. The molecule has 4 rings (SSSR count). The molecule has 7 nitrogen and oxygen atoms in total. The predicted molar refractivity (Wildman–Crippen MR) is 110 cm³/mol. The topological polar surface area (TPSA) is 111 Å². The Morgan fingerprint density at radius 2 is 1.93 bits per heavy atom. The van der Waals surface area contributed by atoms with Gasteiger partial charge >= 0.3 is 0 Å². The second kappa shape index (κ2) is 6.73. The van der Waals surface area contributed by atoms with Gasteiger partial charge in [0.1, 0.15) is 11.6 Å². The molecule has 1 aliphatic carbocycles. The Labute approximate surface area is 168 Å². The lowest BCUT2D eigenvalue weighted by Crippen LogP contribution is -2.39. The first-order valence-corrected chi connectivity index (χ1v) is 10.6. The number of nitrogens with zero attached hydrogens (tertiary/aromatic N) is 1. The number of pyridine rings is 1. The zero-order valence-electron chi connectivity index (χ0n) is 16.1. The third-order valence-electron chi connectivity index (χ3n) is 5.29. The van der Waals surface area contributed by atoms with Crippen LogP contribution >= 0.6 is 0 Å². The molecule has 1 fully saturated rings. The summed E-state index contributed by atoms with van der Waals surface area (Å²) in [5.74, 6) is 0.312. The minimum absolute atomic E-state index is 0.0112. The second-order valence-electron chi connectivity index (χ2n) is 7.28. The van der Waals surface area contributed by atoms with Crippen molar-refractivity contribution in [3.63, 3.8) is 0 Å². The number of ether oxygens (including phenoxy) is 1. The maximum atomic E-state index is 13.1. The van der Waals surface area contributed by atoms with Crippen LogP contribution in [0, 0.1) is 6.92 Å². The maximum Gasteiger partial charge on any atom is 0.264 e. The van der Waals surface area contributed by atoms with Gasteiger partial charge in [-0.1, -0.05) is 23.8 Å². The first-order chi connectivity index (χ1) is 13.8. The molecule has 0 saturated heterocycles. The van der Waals surface area contributed by atoms with Gasteiger partial charge in [0.2, 0.25) is 5.91 Å². The summed E-state index contributed by atoms with van der Waals surface area (Å²) < 4.78 is 33.8. The van der Waals surface area contributed by atoms with Gasteiger partial charge in [0, 0.05) is 10.9 Å². The molecule has 2 aromatic carbocycles. The van der Waals surface area contributed by atoms with Crippen molar-refractivity contribution >= 4 is 32.7 Å². The Morgan fingerprint density at radius 3 is 2.62 bits per heavy atom. The summed E-state index contributed by atoms with van der Waals surface area (Å²) in [5.41, 5.74) is 6.91. The van der Waals surface area contributed by atoms with Gasteiger partial charge in [-0.2, -0.15) is 0 Å². The van der Waals surface area contributed by atoms with Crippen LogP contribution in [0.3, 0.4) is 0 Å². The van der Waals surface area contributed by atoms with Gasteiger partial charge in [0.05, 0.1) is 22.9 Å². The van der Waals surface area contributed by atoms with E-state index in [0.29, 0.717) is 40.9 Å². The van der Waals surface area contributed by atoms with Crippen LogP contribution in [0.4, 0.5) is 5.82 Å². The van der Waals surface area contributed by atoms with Crippen LogP contribution in [-0.4, -0.2) is 26.4 Å². The lowest BCUT2D eigenvalue weighted by atomic mass is 9.93. The number of anilines is 1. The first-order valence-electron chi connectivity index (χ1n) is 9.14. The number of hydrogen-bond donors (Lipinski definition) is 2. The van der Waals surface area contributed by atoms with Gasteiger partial charge in [0.15, 0.2) is 0 Å². The standard InChI is InChI=1S/C21H21N3O4S/c1-13-6-8-17(28-2)15(12-13)21(10-11-21)20(25)24-29(26,27)18-5-3-4-16-14(18)7-9-19(22)23-16/h3-9,12H,10-11H2,1-2H3,(H2,22,23)(H,24,25). The van der Waals surface area contributed by atoms with Crippen molar-refractivity contribution in [1.29, 1.82) is 0 Å². The van der Waals surface area contributed by atoms with Crippen LogP contribution in [0.1, 0.15) is 24.0 Å². The summed E-state index contributed by atoms with van der Waals surface area (Å²) in [6.07, 6.45) is 1.11. The SMILES string of the molecule is COc1ccc(C)cc1C1(C(=O)NS(=O)(=O)c2cccc3nc(N)ccc23)CC1. The Kier molecular flexibility index (Phi) is 4.46. The molecule has 3 aromatic rings. The average Bonchev–Trinajstić information content (AvgIpc) is 3.49. The van der Waals surface area contributed by atoms with Crippen LogP contribution in [0.15, 0.2) is 53.4 Å². The zero-order valence-corrected chi connectivity index (χ0v) is 16.9. The van der Waals surface area contributed by atoms with E-state index in [1.165, 1.54) is 19.2 Å². The maximum absolute atomic E-state index is 13.1. The first kappa shape index (κ1) is 19.2. The second-order valence-corrected chi connectivity index (χ2v) is 8.93. The van der Waals surface area contributed by atoms with Crippen molar-refractivity contribution in [3.8, 4) is 5.75 Å². The summed E-state index contributed by atoms with van der Waals surface area (Å²) in [7, 11) is -2.57. The molecule has 0 spiro atoms. The number of amides is 1. The van der Waals surface area contributed by atoms with E-state index >= 15 is 0 Å². The largest absolute Gasteiger partial charge is 0.496 e. The molecule has 3 N–H and O–H groups in total. The highest BCUT2D eigenvalue weighted by Crippen LogP contribution is 2.52. The number of benzene rings is 2. The van der Waals surface area contributed by atoms with Gasteiger partial charge in [-0.3, -0.25) is 4.79 Å². The van der Waals surface area contributed by atoms with Gasteiger partial charge in [-0.05, 0) is 50.1 Å². The van der Waals surface area contributed by atoms with Crippen molar-refractivity contribution in [2.24, 2.45) is 0 Å². The van der Waals surface area contributed by atoms with Crippen LogP contribution < -0.4 is 15.2 Å². The van der Waals surface area contributed by atoms with E-state index in [9.17, 15) is 13.2 Å². The highest BCUT2D eigenvalue weighted by atomic mass is 32.2. The number of methoxy groups -OCH3 is 1. The smallest absolute Gasteiger partial charge is 0.264 e. The molecular weight excluding hydrogens is 390 g/mol. The molecule has 1 aliphatic rings. The Balaban J connectivity index is 1.71. The predicted octanol–water partition coefficient (Wildman–Crippen LogP) is 2.67. The van der Waals surface area contributed by atoms with E-state index in [0.717, 1.165) is 5.56 Å². The van der Waals surface area contributed by atoms with E-state index in [4.69, 9.17) is 10.5 Å². The minimum atomic E-state index is -4.10. The summed E-state index contributed by atoms with van der Waals surface area (Å²) in [5, 5.41) is 0.403. The van der Waals surface area contributed by atoms with Crippen LogP contribution in [0.5, 0.6) is 5.75 Å². The lowest BCUT2D eigenvalue weighted by molar-refractivity contribution is -0.121. The summed E-state index contributed by atoms with van der Waals surface area (Å²) in [6, 6.07) is 13.4. The number of sulfonamides is 1. The van der Waals surface area contributed by atoms with E-state index in [1.54, 1.807) is 24.3 Å². The van der Waals surface area contributed by atoms with Gasteiger partial charge in [-0.15, -0.1) is 0 Å².